The first kappa shape index (κ1) is 19.6. The van der Waals surface area contributed by atoms with Crippen LogP contribution in [0.2, 0.25) is 0 Å². The van der Waals surface area contributed by atoms with E-state index in [0.29, 0.717) is 17.5 Å². The molecule has 0 saturated heterocycles. The summed E-state index contributed by atoms with van der Waals surface area (Å²) in [6, 6.07) is 6.69. The summed E-state index contributed by atoms with van der Waals surface area (Å²) in [6.07, 6.45) is 0.516. The molecule has 1 heterocycles. The molecule has 140 valence electrons. The fourth-order valence-electron chi connectivity index (χ4n) is 2.78. The lowest BCUT2D eigenvalue weighted by Crippen LogP contribution is -2.46. The van der Waals surface area contributed by atoms with Crippen LogP contribution in [0.3, 0.4) is 0 Å². The fourth-order valence-corrected chi connectivity index (χ4v) is 2.78. The highest BCUT2D eigenvalue weighted by Gasteiger charge is 2.34. The van der Waals surface area contributed by atoms with Crippen LogP contribution >= 0.6 is 0 Å². The number of carbonyl (C=O) groups is 4. The molecule has 4 amide bonds. The van der Waals surface area contributed by atoms with Gasteiger partial charge in [0.2, 0.25) is 11.8 Å². The van der Waals surface area contributed by atoms with Crippen LogP contribution in [0.4, 0.5) is 0 Å². The van der Waals surface area contributed by atoms with E-state index in [1.165, 1.54) is 9.80 Å². The molecule has 0 unspecified atom stereocenters. The third-order valence-corrected chi connectivity index (χ3v) is 3.97. The predicted molar refractivity (Wildman–Crippen MR) is 96.6 cm³/mol. The smallest absolute Gasteiger partial charge is 0.261 e. The molecule has 0 bridgehead atoms. The fraction of sp³-hybridized carbons (Fsp3) is 0.474. The lowest BCUT2D eigenvalue weighted by Gasteiger charge is -2.23. The van der Waals surface area contributed by atoms with Crippen molar-refractivity contribution in [1.29, 1.82) is 0 Å². The molecule has 0 saturated carbocycles. The molecule has 0 radical (unpaired) electrons. The number of imide groups is 1. The molecule has 1 aromatic carbocycles. The summed E-state index contributed by atoms with van der Waals surface area (Å²) >= 11 is 0. The van der Waals surface area contributed by atoms with Crippen LogP contribution in [-0.4, -0.2) is 59.1 Å². The Balaban J connectivity index is 1.81. The SMILES string of the molecule is CN(CC(=O)NC(C)(C)C)C(=O)CCCN1C(=O)c2ccccc2C1=O. The van der Waals surface area contributed by atoms with Crippen molar-refractivity contribution in [1.82, 2.24) is 15.1 Å². The Bertz CT molecular complexity index is 702. The molecular weight excluding hydrogens is 334 g/mol. The van der Waals surface area contributed by atoms with E-state index < -0.39 is 0 Å². The van der Waals surface area contributed by atoms with Crippen molar-refractivity contribution in [2.24, 2.45) is 0 Å². The van der Waals surface area contributed by atoms with Crippen LogP contribution in [0, 0.1) is 0 Å². The summed E-state index contributed by atoms with van der Waals surface area (Å²) in [5, 5.41) is 2.80. The van der Waals surface area contributed by atoms with E-state index in [4.69, 9.17) is 0 Å². The van der Waals surface area contributed by atoms with E-state index in [-0.39, 0.29) is 48.7 Å². The average Bonchev–Trinajstić information content (AvgIpc) is 2.78. The van der Waals surface area contributed by atoms with E-state index in [0.717, 1.165) is 0 Å². The van der Waals surface area contributed by atoms with Gasteiger partial charge < -0.3 is 10.2 Å². The average molecular weight is 359 g/mol. The summed E-state index contributed by atoms with van der Waals surface area (Å²) in [6.45, 7) is 5.77. The van der Waals surface area contributed by atoms with Crippen molar-refractivity contribution in [3.8, 4) is 0 Å². The van der Waals surface area contributed by atoms with Crippen molar-refractivity contribution < 1.29 is 19.2 Å². The molecule has 1 aromatic rings. The number of rotatable bonds is 6. The highest BCUT2D eigenvalue weighted by molar-refractivity contribution is 6.21. The van der Waals surface area contributed by atoms with Crippen LogP contribution in [0.15, 0.2) is 24.3 Å². The zero-order valence-electron chi connectivity index (χ0n) is 15.7. The number of hydrogen-bond acceptors (Lipinski definition) is 4. The molecule has 2 rings (SSSR count). The number of fused-ring (bicyclic) bond motifs is 1. The lowest BCUT2D eigenvalue weighted by molar-refractivity contribution is -0.135. The summed E-state index contributed by atoms with van der Waals surface area (Å²) in [4.78, 5) is 51.0. The summed E-state index contributed by atoms with van der Waals surface area (Å²) in [7, 11) is 1.56. The monoisotopic (exact) mass is 359 g/mol. The van der Waals surface area contributed by atoms with Gasteiger partial charge in [0, 0.05) is 25.6 Å². The molecule has 0 spiro atoms. The van der Waals surface area contributed by atoms with E-state index in [1.807, 2.05) is 20.8 Å². The van der Waals surface area contributed by atoms with E-state index in [2.05, 4.69) is 5.32 Å². The molecule has 1 N–H and O–H groups in total. The molecular formula is C19H25N3O4. The topological polar surface area (TPSA) is 86.8 Å². The summed E-state index contributed by atoms with van der Waals surface area (Å²) < 4.78 is 0. The van der Waals surface area contributed by atoms with Gasteiger partial charge in [-0.2, -0.15) is 0 Å². The number of nitrogens with one attached hydrogen (secondary N) is 1. The third-order valence-electron chi connectivity index (χ3n) is 3.97. The molecule has 0 fully saturated rings. The minimum absolute atomic E-state index is 0.0247. The van der Waals surface area contributed by atoms with Crippen molar-refractivity contribution in [2.45, 2.75) is 39.2 Å². The van der Waals surface area contributed by atoms with Gasteiger partial charge in [-0.25, -0.2) is 0 Å². The molecule has 1 aliphatic rings. The van der Waals surface area contributed by atoms with Crippen molar-refractivity contribution in [2.75, 3.05) is 20.1 Å². The number of hydrogen-bond donors (Lipinski definition) is 1. The molecule has 0 aromatic heterocycles. The number of nitrogens with zero attached hydrogens (tertiary/aromatic N) is 2. The minimum Gasteiger partial charge on any atom is -0.350 e. The van der Waals surface area contributed by atoms with Crippen molar-refractivity contribution in [3.05, 3.63) is 35.4 Å². The highest BCUT2D eigenvalue weighted by Crippen LogP contribution is 2.22. The molecule has 0 atom stereocenters. The van der Waals surface area contributed by atoms with Crippen molar-refractivity contribution in [3.63, 3.8) is 0 Å². The third kappa shape index (κ3) is 4.68. The van der Waals surface area contributed by atoms with E-state index >= 15 is 0 Å². The zero-order valence-corrected chi connectivity index (χ0v) is 15.7. The standard InChI is InChI=1S/C19H25N3O4/c1-19(2,3)20-15(23)12-21(4)16(24)10-7-11-22-17(25)13-8-5-6-9-14(13)18(22)26/h5-6,8-9H,7,10-12H2,1-4H3,(H,20,23). The quantitative estimate of drug-likeness (QED) is 0.779. The molecule has 7 heteroatoms. The van der Waals surface area contributed by atoms with E-state index in [9.17, 15) is 19.2 Å². The first-order chi connectivity index (χ1) is 12.1. The number of likely N-dealkylation sites (N-methyl/N-ethyl adjacent to an activating group) is 1. The van der Waals surface area contributed by atoms with Crippen LogP contribution < -0.4 is 5.32 Å². The van der Waals surface area contributed by atoms with Crippen LogP contribution in [0.25, 0.3) is 0 Å². The molecule has 1 aliphatic heterocycles. The van der Waals surface area contributed by atoms with Gasteiger partial charge in [0.15, 0.2) is 0 Å². The van der Waals surface area contributed by atoms with Gasteiger partial charge in [-0.05, 0) is 39.3 Å². The first-order valence-electron chi connectivity index (χ1n) is 8.60. The first-order valence-corrected chi connectivity index (χ1v) is 8.60. The van der Waals surface area contributed by atoms with Gasteiger partial charge in [0.1, 0.15) is 0 Å². The summed E-state index contributed by atoms with van der Waals surface area (Å²) in [5.41, 5.74) is 0.450. The van der Waals surface area contributed by atoms with Crippen LogP contribution in [0.5, 0.6) is 0 Å². The Kier molecular flexibility index (Phi) is 5.79. The van der Waals surface area contributed by atoms with E-state index in [1.54, 1.807) is 31.3 Å². The van der Waals surface area contributed by atoms with Gasteiger partial charge in [-0.15, -0.1) is 0 Å². The maximum Gasteiger partial charge on any atom is 0.261 e. The molecule has 7 nitrogen and oxygen atoms in total. The normalized spacial score (nSPS) is 13.6. The summed E-state index contributed by atoms with van der Waals surface area (Å²) in [5.74, 6) is -1.08. The van der Waals surface area contributed by atoms with Crippen LogP contribution in [-0.2, 0) is 9.59 Å². The van der Waals surface area contributed by atoms with Crippen LogP contribution in [0.1, 0.15) is 54.3 Å². The Morgan fingerprint density at radius 2 is 1.62 bits per heavy atom. The maximum atomic E-state index is 12.3. The second-order valence-corrected chi connectivity index (χ2v) is 7.46. The Morgan fingerprint density at radius 1 is 1.08 bits per heavy atom. The van der Waals surface area contributed by atoms with Gasteiger partial charge >= 0.3 is 0 Å². The highest BCUT2D eigenvalue weighted by atomic mass is 16.2. The maximum absolute atomic E-state index is 12.3. The van der Waals surface area contributed by atoms with Gasteiger partial charge in [0.25, 0.3) is 11.8 Å². The second kappa shape index (κ2) is 7.68. The zero-order chi connectivity index (χ0) is 19.5. The van der Waals surface area contributed by atoms with Crippen molar-refractivity contribution >= 4 is 23.6 Å². The molecule has 26 heavy (non-hydrogen) atoms. The van der Waals surface area contributed by atoms with Gasteiger partial charge in [-0.3, -0.25) is 24.1 Å². The van der Waals surface area contributed by atoms with Gasteiger partial charge in [0.05, 0.1) is 17.7 Å². The largest absolute Gasteiger partial charge is 0.350 e. The number of benzene rings is 1. The second-order valence-electron chi connectivity index (χ2n) is 7.46. The lowest BCUT2D eigenvalue weighted by atomic mass is 10.1. The Hall–Kier alpha value is -2.70. The Labute approximate surface area is 153 Å². The van der Waals surface area contributed by atoms with Gasteiger partial charge in [-0.1, -0.05) is 12.1 Å². The molecule has 0 aliphatic carbocycles. The number of amides is 4. The number of carbonyl (C=O) groups excluding carboxylic acids is 4. The minimum atomic E-state index is -0.355. The predicted octanol–water partition coefficient (Wildman–Crippen LogP) is 1.44. The Morgan fingerprint density at radius 3 is 2.12 bits per heavy atom.